The average molecular weight is 261 g/mol. The van der Waals surface area contributed by atoms with E-state index >= 15 is 0 Å². The molecule has 2 heterocycles. The van der Waals surface area contributed by atoms with E-state index in [-0.39, 0.29) is 0 Å². The van der Waals surface area contributed by atoms with Crippen LogP contribution in [0.3, 0.4) is 0 Å². The first-order valence-electron chi connectivity index (χ1n) is 7.34. The van der Waals surface area contributed by atoms with E-state index in [0.717, 1.165) is 43.9 Å². The van der Waals surface area contributed by atoms with Crippen LogP contribution in [-0.4, -0.2) is 22.6 Å². The molecule has 0 atom stereocenters. The Morgan fingerprint density at radius 3 is 2.84 bits per heavy atom. The fourth-order valence-corrected chi connectivity index (χ4v) is 2.99. The molecule has 19 heavy (non-hydrogen) atoms. The Kier molecular flexibility index (Phi) is 3.44. The number of hydrogen-bond acceptors (Lipinski definition) is 4. The molecule has 2 aliphatic rings. The van der Waals surface area contributed by atoms with Gasteiger partial charge in [-0.25, -0.2) is 9.97 Å². The topological polar surface area (TPSA) is 47.0 Å². The van der Waals surface area contributed by atoms with Crippen molar-refractivity contribution in [1.29, 1.82) is 0 Å². The van der Waals surface area contributed by atoms with Crippen molar-refractivity contribution in [2.24, 2.45) is 5.41 Å². The molecule has 0 spiro atoms. The fourth-order valence-electron chi connectivity index (χ4n) is 2.99. The quantitative estimate of drug-likeness (QED) is 0.888. The van der Waals surface area contributed by atoms with E-state index in [9.17, 15) is 0 Å². The Hall–Kier alpha value is -1.16. The minimum Gasteiger partial charge on any atom is -0.474 e. The highest BCUT2D eigenvalue weighted by Gasteiger charge is 2.29. The van der Waals surface area contributed by atoms with Gasteiger partial charge in [-0.15, -0.1) is 0 Å². The van der Waals surface area contributed by atoms with E-state index < -0.39 is 0 Å². The van der Waals surface area contributed by atoms with E-state index in [4.69, 9.17) is 4.74 Å². The maximum Gasteiger partial charge on any atom is 0.221 e. The maximum atomic E-state index is 6.16. The lowest BCUT2D eigenvalue weighted by atomic mass is 9.76. The molecule has 0 amide bonds. The molecule has 1 aromatic rings. The number of hydrogen-bond donors (Lipinski definition) is 1. The van der Waals surface area contributed by atoms with Crippen LogP contribution in [0.2, 0.25) is 0 Å². The van der Waals surface area contributed by atoms with Crippen LogP contribution in [0, 0.1) is 5.41 Å². The molecule has 3 rings (SSSR count). The smallest absolute Gasteiger partial charge is 0.221 e. The molecule has 4 nitrogen and oxygen atoms in total. The highest BCUT2D eigenvalue weighted by molar-refractivity contribution is 5.31. The molecule has 4 heteroatoms. The van der Waals surface area contributed by atoms with Gasteiger partial charge in [0.1, 0.15) is 12.4 Å². The van der Waals surface area contributed by atoms with E-state index in [1.807, 2.05) is 0 Å². The van der Waals surface area contributed by atoms with Crippen molar-refractivity contribution in [2.75, 3.05) is 6.54 Å². The fraction of sp³-hybridized carbons (Fsp3) is 0.733. The predicted molar refractivity (Wildman–Crippen MR) is 74.1 cm³/mol. The highest BCUT2D eigenvalue weighted by Crippen LogP contribution is 2.36. The molecule has 0 saturated heterocycles. The number of rotatable bonds is 2. The summed E-state index contributed by atoms with van der Waals surface area (Å²) in [6.07, 6.45) is 7.71. The van der Waals surface area contributed by atoms with Gasteiger partial charge in [0.2, 0.25) is 5.88 Å². The number of fused-ring (bicyclic) bond motifs is 1. The van der Waals surface area contributed by atoms with Crippen molar-refractivity contribution in [2.45, 2.75) is 58.6 Å². The van der Waals surface area contributed by atoms with Crippen molar-refractivity contribution in [3.05, 3.63) is 17.6 Å². The molecule has 0 bridgehead atoms. The summed E-state index contributed by atoms with van der Waals surface area (Å²) in [6.45, 7) is 6.53. The lowest BCUT2D eigenvalue weighted by Crippen LogP contribution is -2.30. The Morgan fingerprint density at radius 2 is 2.05 bits per heavy atom. The molecule has 1 N–H and O–H groups in total. The summed E-state index contributed by atoms with van der Waals surface area (Å²) in [7, 11) is 0. The number of nitrogens with zero attached hydrogens (tertiary/aromatic N) is 2. The second-order valence-electron chi connectivity index (χ2n) is 6.51. The van der Waals surface area contributed by atoms with Crippen molar-refractivity contribution < 1.29 is 4.74 Å². The first-order chi connectivity index (χ1) is 9.14. The molecular formula is C15H23N3O. The van der Waals surface area contributed by atoms with Crippen LogP contribution in [-0.2, 0) is 13.0 Å². The Morgan fingerprint density at radius 1 is 1.26 bits per heavy atom. The first-order valence-corrected chi connectivity index (χ1v) is 7.34. The summed E-state index contributed by atoms with van der Waals surface area (Å²) in [5, 5.41) is 3.37. The van der Waals surface area contributed by atoms with Gasteiger partial charge in [-0.05, 0) is 31.1 Å². The van der Waals surface area contributed by atoms with Gasteiger partial charge in [-0.1, -0.05) is 13.8 Å². The SMILES string of the molecule is CC1(C)CCC(Oc2ncnc3c2CNCC3)CC1. The highest BCUT2D eigenvalue weighted by atomic mass is 16.5. The van der Waals surface area contributed by atoms with E-state index in [0.29, 0.717) is 11.5 Å². The van der Waals surface area contributed by atoms with E-state index in [1.165, 1.54) is 18.4 Å². The lowest BCUT2D eigenvalue weighted by molar-refractivity contribution is 0.0934. The van der Waals surface area contributed by atoms with Crippen molar-refractivity contribution >= 4 is 0 Å². The van der Waals surface area contributed by atoms with E-state index in [2.05, 4.69) is 29.1 Å². The lowest BCUT2D eigenvalue weighted by Gasteiger charge is -2.34. The second kappa shape index (κ2) is 5.08. The molecule has 0 radical (unpaired) electrons. The minimum atomic E-state index is 0.328. The Bertz CT molecular complexity index is 449. The maximum absolute atomic E-state index is 6.16. The summed E-state index contributed by atoms with van der Waals surface area (Å²) in [6, 6.07) is 0. The third-order valence-electron chi connectivity index (χ3n) is 4.40. The van der Waals surface area contributed by atoms with Gasteiger partial charge in [0.05, 0.1) is 5.69 Å². The molecule has 104 valence electrons. The average Bonchev–Trinajstić information content (AvgIpc) is 2.42. The minimum absolute atomic E-state index is 0.328. The van der Waals surface area contributed by atoms with Crippen LogP contribution >= 0.6 is 0 Å². The van der Waals surface area contributed by atoms with Crippen LogP contribution in [0.25, 0.3) is 0 Å². The zero-order chi connectivity index (χ0) is 13.3. The molecular weight excluding hydrogens is 238 g/mol. The molecule has 1 aromatic heterocycles. The third-order valence-corrected chi connectivity index (χ3v) is 4.40. The van der Waals surface area contributed by atoms with Gasteiger partial charge in [-0.3, -0.25) is 0 Å². The number of nitrogens with one attached hydrogen (secondary N) is 1. The molecule has 1 saturated carbocycles. The molecule has 1 fully saturated rings. The standard InChI is InChI=1S/C15H23N3O/c1-15(2)6-3-11(4-7-15)19-14-12-9-16-8-5-13(12)17-10-18-14/h10-11,16H,3-9H2,1-2H3. The number of ether oxygens (including phenoxy) is 1. The van der Waals surface area contributed by atoms with Crippen LogP contribution in [0.5, 0.6) is 5.88 Å². The van der Waals surface area contributed by atoms with Crippen molar-refractivity contribution in [1.82, 2.24) is 15.3 Å². The van der Waals surface area contributed by atoms with Gasteiger partial charge in [0.25, 0.3) is 0 Å². The monoisotopic (exact) mass is 261 g/mol. The molecule has 0 aromatic carbocycles. The largest absolute Gasteiger partial charge is 0.474 e. The number of aromatic nitrogens is 2. The van der Waals surface area contributed by atoms with Crippen LogP contribution in [0.1, 0.15) is 50.8 Å². The normalized spacial score (nSPS) is 22.8. The summed E-state index contributed by atoms with van der Waals surface area (Å²) in [4.78, 5) is 8.71. The van der Waals surface area contributed by atoms with Gasteiger partial charge < -0.3 is 10.1 Å². The van der Waals surface area contributed by atoms with Crippen LogP contribution in [0.15, 0.2) is 6.33 Å². The second-order valence-corrected chi connectivity index (χ2v) is 6.51. The van der Waals surface area contributed by atoms with Gasteiger partial charge in [0, 0.05) is 25.1 Å². The zero-order valence-electron chi connectivity index (χ0n) is 11.9. The van der Waals surface area contributed by atoms with Gasteiger partial charge >= 0.3 is 0 Å². The van der Waals surface area contributed by atoms with E-state index in [1.54, 1.807) is 6.33 Å². The first kappa shape index (κ1) is 12.9. The summed E-state index contributed by atoms with van der Waals surface area (Å²) < 4.78 is 6.16. The summed E-state index contributed by atoms with van der Waals surface area (Å²) in [5.41, 5.74) is 2.80. The van der Waals surface area contributed by atoms with Gasteiger partial charge in [0.15, 0.2) is 0 Å². The van der Waals surface area contributed by atoms with Crippen LogP contribution < -0.4 is 10.1 Å². The summed E-state index contributed by atoms with van der Waals surface area (Å²) in [5.74, 6) is 0.807. The van der Waals surface area contributed by atoms with Crippen molar-refractivity contribution in [3.8, 4) is 5.88 Å². The predicted octanol–water partition coefficient (Wildman–Crippen LogP) is 2.47. The molecule has 1 aliphatic heterocycles. The molecule has 1 aliphatic carbocycles. The molecule has 0 unspecified atom stereocenters. The Balaban J connectivity index is 1.70. The van der Waals surface area contributed by atoms with Crippen molar-refractivity contribution in [3.63, 3.8) is 0 Å². The Labute approximate surface area is 115 Å². The van der Waals surface area contributed by atoms with Gasteiger partial charge in [-0.2, -0.15) is 0 Å². The van der Waals surface area contributed by atoms with Crippen LogP contribution in [0.4, 0.5) is 0 Å². The third kappa shape index (κ3) is 2.89. The zero-order valence-corrected chi connectivity index (χ0v) is 11.9. The summed E-state index contributed by atoms with van der Waals surface area (Å²) >= 11 is 0.